The van der Waals surface area contributed by atoms with E-state index >= 15 is 0 Å². The van der Waals surface area contributed by atoms with E-state index in [0.29, 0.717) is 11.3 Å². The molecular weight excluding hydrogens is 243 g/mol. The van der Waals surface area contributed by atoms with Crippen LogP contribution in [0.1, 0.15) is 32.4 Å². The van der Waals surface area contributed by atoms with Crippen LogP contribution in [-0.4, -0.2) is 42.2 Å². The predicted molar refractivity (Wildman–Crippen MR) is 76.0 cm³/mol. The van der Waals surface area contributed by atoms with Gasteiger partial charge in [-0.15, -0.1) is 0 Å². The van der Waals surface area contributed by atoms with Crippen LogP contribution < -0.4 is 4.90 Å². The first-order chi connectivity index (χ1) is 8.83. The lowest BCUT2D eigenvalue weighted by Crippen LogP contribution is -2.58. The van der Waals surface area contributed by atoms with E-state index in [-0.39, 0.29) is 11.4 Å². The Kier molecular flexibility index (Phi) is 3.83. The van der Waals surface area contributed by atoms with E-state index in [1.807, 2.05) is 0 Å². The van der Waals surface area contributed by atoms with Gasteiger partial charge < -0.3 is 10.0 Å². The fourth-order valence-electron chi connectivity index (χ4n) is 2.63. The Morgan fingerprint density at radius 2 is 2.00 bits per heavy atom. The van der Waals surface area contributed by atoms with Crippen LogP contribution in [0.3, 0.4) is 0 Å². The molecule has 1 aliphatic rings. The van der Waals surface area contributed by atoms with Crippen molar-refractivity contribution < 1.29 is 9.50 Å². The third-order valence-electron chi connectivity index (χ3n) is 4.10. The smallest absolute Gasteiger partial charge is 0.146 e. The number of aliphatic hydroxyl groups is 1. The summed E-state index contributed by atoms with van der Waals surface area (Å²) in [7, 11) is 2.09. The van der Waals surface area contributed by atoms with Gasteiger partial charge in [-0.25, -0.2) is 4.39 Å². The molecule has 1 N–H and O–H groups in total. The average molecular weight is 266 g/mol. The minimum atomic E-state index is -0.659. The summed E-state index contributed by atoms with van der Waals surface area (Å²) in [5.74, 6) is -0.251. The molecule has 0 spiro atoms. The number of benzene rings is 1. The van der Waals surface area contributed by atoms with E-state index < -0.39 is 6.10 Å². The monoisotopic (exact) mass is 266 g/mol. The molecule has 3 nitrogen and oxygen atoms in total. The van der Waals surface area contributed by atoms with Gasteiger partial charge in [-0.3, -0.25) is 4.90 Å². The first kappa shape index (κ1) is 14.3. The number of aliphatic hydroxyl groups excluding tert-OH is 1. The number of rotatable bonds is 2. The van der Waals surface area contributed by atoms with Crippen LogP contribution in [0.25, 0.3) is 0 Å². The molecule has 1 aliphatic heterocycles. The van der Waals surface area contributed by atoms with Crippen molar-refractivity contribution in [2.45, 2.75) is 32.4 Å². The number of piperazine rings is 1. The van der Waals surface area contributed by atoms with Crippen LogP contribution in [-0.2, 0) is 0 Å². The topological polar surface area (TPSA) is 26.7 Å². The Balaban J connectivity index is 2.37. The summed E-state index contributed by atoms with van der Waals surface area (Å²) in [6.45, 7) is 8.41. The third-order valence-corrected chi connectivity index (χ3v) is 4.10. The highest BCUT2D eigenvalue weighted by Gasteiger charge is 2.33. The first-order valence-electron chi connectivity index (χ1n) is 6.75. The Labute approximate surface area is 114 Å². The van der Waals surface area contributed by atoms with Gasteiger partial charge in [0.25, 0.3) is 0 Å². The molecule has 2 rings (SSSR count). The number of hydrogen-bond acceptors (Lipinski definition) is 3. The second kappa shape index (κ2) is 5.10. The molecule has 1 aromatic carbocycles. The van der Waals surface area contributed by atoms with Gasteiger partial charge in [-0.2, -0.15) is 0 Å². The molecule has 1 unspecified atom stereocenters. The maximum Gasteiger partial charge on any atom is 0.146 e. The van der Waals surface area contributed by atoms with E-state index in [1.165, 1.54) is 6.07 Å². The zero-order valence-corrected chi connectivity index (χ0v) is 12.2. The van der Waals surface area contributed by atoms with Crippen LogP contribution in [0.15, 0.2) is 18.2 Å². The number of halogens is 1. The highest BCUT2D eigenvalue weighted by Crippen LogP contribution is 2.32. The van der Waals surface area contributed by atoms with Gasteiger partial charge in [0, 0.05) is 30.7 Å². The Hall–Kier alpha value is -1.13. The highest BCUT2D eigenvalue weighted by molar-refractivity contribution is 5.56. The number of nitrogens with zero attached hydrogens (tertiary/aromatic N) is 2. The van der Waals surface area contributed by atoms with E-state index in [9.17, 15) is 9.50 Å². The lowest BCUT2D eigenvalue weighted by molar-refractivity contribution is 0.137. The summed E-state index contributed by atoms with van der Waals surface area (Å²) in [6, 6.07) is 4.92. The van der Waals surface area contributed by atoms with Crippen LogP contribution in [0.2, 0.25) is 0 Å². The van der Waals surface area contributed by atoms with Gasteiger partial charge in [-0.1, -0.05) is 12.1 Å². The zero-order valence-electron chi connectivity index (χ0n) is 12.2. The van der Waals surface area contributed by atoms with E-state index in [1.54, 1.807) is 19.1 Å². The molecular formula is C15H23FN2O. The summed E-state index contributed by atoms with van der Waals surface area (Å²) < 4.78 is 14.2. The Morgan fingerprint density at radius 3 is 2.58 bits per heavy atom. The van der Waals surface area contributed by atoms with Gasteiger partial charge in [0.05, 0.1) is 11.8 Å². The molecule has 0 saturated carbocycles. The first-order valence-corrected chi connectivity index (χ1v) is 6.75. The lowest BCUT2D eigenvalue weighted by atomic mass is 9.97. The summed E-state index contributed by atoms with van der Waals surface area (Å²) in [4.78, 5) is 4.34. The lowest BCUT2D eigenvalue weighted by Gasteiger charge is -2.46. The van der Waals surface area contributed by atoms with Crippen LogP contribution in [0.5, 0.6) is 0 Å². The molecule has 1 saturated heterocycles. The van der Waals surface area contributed by atoms with Gasteiger partial charge in [0.15, 0.2) is 0 Å². The van der Waals surface area contributed by atoms with Gasteiger partial charge in [0.1, 0.15) is 5.82 Å². The molecule has 1 fully saturated rings. The van der Waals surface area contributed by atoms with Gasteiger partial charge in [-0.05, 0) is 33.9 Å². The highest BCUT2D eigenvalue weighted by atomic mass is 19.1. The fourth-order valence-corrected chi connectivity index (χ4v) is 2.63. The van der Waals surface area contributed by atoms with Crippen molar-refractivity contribution in [1.82, 2.24) is 4.90 Å². The van der Waals surface area contributed by atoms with Crippen LogP contribution in [0, 0.1) is 5.82 Å². The number of hydrogen-bond donors (Lipinski definition) is 1. The molecule has 4 heteroatoms. The molecule has 19 heavy (non-hydrogen) atoms. The SMILES string of the molecule is CC(O)c1cccc(F)c1N1CCN(C)C(C)(C)C1. The second-order valence-electron chi connectivity index (χ2n) is 6.01. The van der Waals surface area contributed by atoms with Crippen molar-refractivity contribution in [3.63, 3.8) is 0 Å². The third kappa shape index (κ3) is 2.74. The number of anilines is 1. The largest absolute Gasteiger partial charge is 0.389 e. The molecule has 1 atom stereocenters. The molecule has 0 bridgehead atoms. The average Bonchev–Trinajstić information content (AvgIpc) is 2.32. The van der Waals surface area contributed by atoms with E-state index in [4.69, 9.17) is 0 Å². The molecule has 0 aromatic heterocycles. The summed E-state index contributed by atoms with van der Waals surface area (Å²) in [5, 5.41) is 9.84. The van der Waals surface area contributed by atoms with Crippen molar-refractivity contribution in [3.8, 4) is 0 Å². The van der Waals surface area contributed by atoms with Crippen molar-refractivity contribution >= 4 is 5.69 Å². The summed E-state index contributed by atoms with van der Waals surface area (Å²) in [6.07, 6.45) is -0.659. The van der Waals surface area contributed by atoms with Crippen molar-refractivity contribution in [2.24, 2.45) is 0 Å². The zero-order chi connectivity index (χ0) is 14.2. The summed E-state index contributed by atoms with van der Waals surface area (Å²) >= 11 is 0. The van der Waals surface area contributed by atoms with E-state index in [2.05, 4.69) is 30.7 Å². The quantitative estimate of drug-likeness (QED) is 0.890. The standard InChI is InChI=1S/C15H23FN2O/c1-11(19)12-6-5-7-13(16)14(12)18-9-8-17(4)15(2,3)10-18/h5-7,11,19H,8-10H2,1-4H3. The van der Waals surface area contributed by atoms with Crippen molar-refractivity contribution in [2.75, 3.05) is 31.6 Å². The predicted octanol–water partition coefficient (Wildman–Crippen LogP) is 2.41. The van der Waals surface area contributed by atoms with Crippen molar-refractivity contribution in [3.05, 3.63) is 29.6 Å². The van der Waals surface area contributed by atoms with Crippen LogP contribution in [0.4, 0.5) is 10.1 Å². The molecule has 1 aromatic rings. The van der Waals surface area contributed by atoms with Crippen molar-refractivity contribution in [1.29, 1.82) is 0 Å². The molecule has 0 radical (unpaired) electrons. The summed E-state index contributed by atoms with van der Waals surface area (Å²) in [5.41, 5.74) is 1.22. The Morgan fingerprint density at radius 1 is 1.32 bits per heavy atom. The number of para-hydroxylation sites is 1. The van der Waals surface area contributed by atoms with E-state index in [0.717, 1.165) is 19.6 Å². The molecule has 1 heterocycles. The molecule has 106 valence electrons. The minimum absolute atomic E-state index is 0.00348. The normalized spacial score (nSPS) is 21.5. The number of likely N-dealkylation sites (N-methyl/N-ethyl adjacent to an activating group) is 1. The minimum Gasteiger partial charge on any atom is -0.389 e. The van der Waals surface area contributed by atoms with Crippen LogP contribution >= 0.6 is 0 Å². The maximum absolute atomic E-state index is 14.2. The van der Waals surface area contributed by atoms with Gasteiger partial charge >= 0.3 is 0 Å². The molecule has 0 aliphatic carbocycles. The second-order valence-corrected chi connectivity index (χ2v) is 6.01. The Bertz CT molecular complexity index is 459. The van der Waals surface area contributed by atoms with Gasteiger partial charge in [0.2, 0.25) is 0 Å². The maximum atomic E-state index is 14.2. The molecule has 0 amide bonds. The fraction of sp³-hybridized carbons (Fsp3) is 0.600.